The van der Waals surface area contributed by atoms with Crippen molar-refractivity contribution < 1.29 is 13.2 Å². The van der Waals surface area contributed by atoms with Crippen LogP contribution in [-0.4, -0.2) is 67.3 Å². The molecule has 0 atom stereocenters. The maximum Gasteiger partial charge on any atom is 0.225 e. The Kier molecular flexibility index (Phi) is 5.96. The fourth-order valence-electron chi connectivity index (χ4n) is 2.15. The van der Waals surface area contributed by atoms with Gasteiger partial charge in [0.2, 0.25) is 16.0 Å². The summed E-state index contributed by atoms with van der Waals surface area (Å²) in [4.78, 5) is 10.3. The number of hydrogen-bond acceptors (Lipinski definition) is 6. The lowest BCUT2D eigenvalue weighted by Gasteiger charge is -2.33. The van der Waals surface area contributed by atoms with Crippen molar-refractivity contribution in [2.24, 2.45) is 0 Å². The van der Waals surface area contributed by atoms with Crippen LogP contribution in [0.25, 0.3) is 0 Å². The van der Waals surface area contributed by atoms with Crippen molar-refractivity contribution in [1.82, 2.24) is 14.3 Å². The van der Waals surface area contributed by atoms with Crippen LogP contribution in [0.4, 0.5) is 5.95 Å². The SMILES string of the molecule is CC(C)OCCS(=O)(=O)N1CCN(c2ncc(Cl)cn2)CC1. The lowest BCUT2D eigenvalue weighted by Crippen LogP contribution is -2.50. The Bertz CT molecular complexity index is 571. The van der Waals surface area contributed by atoms with Crippen LogP contribution < -0.4 is 4.90 Å². The Hall–Kier alpha value is -0.960. The fourth-order valence-corrected chi connectivity index (χ4v) is 3.54. The molecule has 0 N–H and O–H groups in total. The molecule has 1 fully saturated rings. The molecule has 22 heavy (non-hydrogen) atoms. The predicted molar refractivity (Wildman–Crippen MR) is 85.7 cm³/mol. The quantitative estimate of drug-likeness (QED) is 0.763. The summed E-state index contributed by atoms with van der Waals surface area (Å²) in [5, 5.41) is 0.482. The normalized spacial score (nSPS) is 17.2. The molecule has 0 amide bonds. The number of halogens is 1. The molecule has 0 saturated carbocycles. The molecule has 0 unspecified atom stereocenters. The number of piperazine rings is 1. The highest BCUT2D eigenvalue weighted by molar-refractivity contribution is 7.89. The van der Waals surface area contributed by atoms with E-state index in [0.717, 1.165) is 0 Å². The standard InChI is InChI=1S/C13H21ClN4O3S/c1-11(2)21-7-8-22(19,20)18-5-3-17(4-6-18)13-15-9-12(14)10-16-13/h9-11H,3-8H2,1-2H3. The molecule has 9 heteroatoms. The van der Waals surface area contributed by atoms with Crippen molar-refractivity contribution in [2.75, 3.05) is 43.4 Å². The maximum atomic E-state index is 12.2. The minimum Gasteiger partial charge on any atom is -0.378 e. The van der Waals surface area contributed by atoms with Gasteiger partial charge < -0.3 is 9.64 Å². The zero-order chi connectivity index (χ0) is 16.2. The van der Waals surface area contributed by atoms with Gasteiger partial charge in [-0.1, -0.05) is 11.6 Å². The van der Waals surface area contributed by atoms with E-state index in [-0.39, 0.29) is 18.5 Å². The highest BCUT2D eigenvalue weighted by atomic mass is 35.5. The molecule has 0 bridgehead atoms. The van der Waals surface area contributed by atoms with E-state index in [2.05, 4.69) is 9.97 Å². The number of hydrogen-bond donors (Lipinski definition) is 0. The van der Waals surface area contributed by atoms with E-state index in [0.29, 0.717) is 37.1 Å². The monoisotopic (exact) mass is 348 g/mol. The second-order valence-electron chi connectivity index (χ2n) is 5.32. The molecule has 1 aliphatic rings. The molecular formula is C13H21ClN4O3S. The van der Waals surface area contributed by atoms with E-state index in [4.69, 9.17) is 16.3 Å². The number of rotatable bonds is 6. The average Bonchev–Trinajstić information content (AvgIpc) is 2.47. The van der Waals surface area contributed by atoms with Gasteiger partial charge in [0.25, 0.3) is 0 Å². The zero-order valence-corrected chi connectivity index (χ0v) is 14.3. The van der Waals surface area contributed by atoms with E-state index in [1.807, 2.05) is 18.7 Å². The Morgan fingerprint density at radius 2 is 1.82 bits per heavy atom. The summed E-state index contributed by atoms with van der Waals surface area (Å²) in [6.07, 6.45) is 3.11. The molecule has 2 rings (SSSR count). The lowest BCUT2D eigenvalue weighted by atomic mass is 10.4. The molecule has 0 aliphatic carbocycles. The van der Waals surface area contributed by atoms with Crippen molar-refractivity contribution in [1.29, 1.82) is 0 Å². The molecular weight excluding hydrogens is 328 g/mol. The molecule has 1 aliphatic heterocycles. The lowest BCUT2D eigenvalue weighted by molar-refractivity contribution is 0.0906. The molecule has 2 heterocycles. The fraction of sp³-hybridized carbons (Fsp3) is 0.692. The van der Waals surface area contributed by atoms with Gasteiger partial charge in [0.15, 0.2) is 0 Å². The van der Waals surface area contributed by atoms with E-state index < -0.39 is 10.0 Å². The van der Waals surface area contributed by atoms with Crippen molar-refractivity contribution in [2.45, 2.75) is 20.0 Å². The molecule has 0 radical (unpaired) electrons. The Morgan fingerprint density at radius 1 is 1.23 bits per heavy atom. The van der Waals surface area contributed by atoms with Gasteiger partial charge in [-0.15, -0.1) is 0 Å². The molecule has 1 aromatic rings. The van der Waals surface area contributed by atoms with Gasteiger partial charge >= 0.3 is 0 Å². The van der Waals surface area contributed by atoms with Gasteiger partial charge in [-0.2, -0.15) is 4.31 Å². The van der Waals surface area contributed by atoms with Gasteiger partial charge in [-0.05, 0) is 13.8 Å². The van der Waals surface area contributed by atoms with E-state index in [9.17, 15) is 8.42 Å². The Labute approximate surface area is 136 Å². The molecule has 0 aromatic carbocycles. The summed E-state index contributed by atoms with van der Waals surface area (Å²) in [5.74, 6) is 0.590. The minimum absolute atomic E-state index is 0.0165. The summed E-state index contributed by atoms with van der Waals surface area (Å²) in [7, 11) is -3.27. The topological polar surface area (TPSA) is 75.6 Å². The van der Waals surface area contributed by atoms with Crippen LogP contribution in [0.2, 0.25) is 5.02 Å². The van der Waals surface area contributed by atoms with Crippen LogP contribution in [0, 0.1) is 0 Å². The van der Waals surface area contributed by atoms with E-state index in [1.165, 1.54) is 16.7 Å². The van der Waals surface area contributed by atoms with Gasteiger partial charge in [0, 0.05) is 26.2 Å². The van der Waals surface area contributed by atoms with Crippen LogP contribution in [0.1, 0.15) is 13.8 Å². The van der Waals surface area contributed by atoms with Crippen LogP contribution in [0.3, 0.4) is 0 Å². The minimum atomic E-state index is -3.27. The zero-order valence-electron chi connectivity index (χ0n) is 12.8. The first kappa shape index (κ1) is 17.4. The Morgan fingerprint density at radius 3 is 2.36 bits per heavy atom. The Balaban J connectivity index is 1.87. The van der Waals surface area contributed by atoms with Crippen LogP contribution in [0.5, 0.6) is 0 Å². The molecule has 124 valence electrons. The van der Waals surface area contributed by atoms with Crippen LogP contribution in [0.15, 0.2) is 12.4 Å². The summed E-state index contributed by atoms with van der Waals surface area (Å²) in [6, 6.07) is 0. The first-order chi connectivity index (χ1) is 10.4. The van der Waals surface area contributed by atoms with Crippen molar-refractivity contribution >= 4 is 27.6 Å². The van der Waals surface area contributed by atoms with Crippen molar-refractivity contribution in [3.8, 4) is 0 Å². The number of nitrogens with zero attached hydrogens (tertiary/aromatic N) is 4. The van der Waals surface area contributed by atoms with Gasteiger partial charge in [0.1, 0.15) is 0 Å². The number of anilines is 1. The van der Waals surface area contributed by atoms with Crippen LogP contribution >= 0.6 is 11.6 Å². The van der Waals surface area contributed by atoms with Gasteiger partial charge in [-0.25, -0.2) is 18.4 Å². The molecule has 1 saturated heterocycles. The predicted octanol–water partition coefficient (Wildman–Crippen LogP) is 1.01. The smallest absolute Gasteiger partial charge is 0.225 e. The van der Waals surface area contributed by atoms with E-state index >= 15 is 0 Å². The first-order valence-electron chi connectivity index (χ1n) is 7.20. The highest BCUT2D eigenvalue weighted by Gasteiger charge is 2.27. The summed E-state index contributed by atoms with van der Waals surface area (Å²) < 4.78 is 31.3. The van der Waals surface area contributed by atoms with Crippen molar-refractivity contribution in [3.05, 3.63) is 17.4 Å². The average molecular weight is 349 g/mol. The first-order valence-corrected chi connectivity index (χ1v) is 9.19. The molecule has 1 aromatic heterocycles. The number of ether oxygens (including phenoxy) is 1. The van der Waals surface area contributed by atoms with Gasteiger partial charge in [-0.3, -0.25) is 0 Å². The summed E-state index contributed by atoms with van der Waals surface area (Å²) in [5.41, 5.74) is 0. The second-order valence-corrected chi connectivity index (χ2v) is 7.85. The summed E-state index contributed by atoms with van der Waals surface area (Å²) in [6.45, 7) is 5.97. The largest absolute Gasteiger partial charge is 0.378 e. The van der Waals surface area contributed by atoms with E-state index in [1.54, 1.807) is 0 Å². The van der Waals surface area contributed by atoms with Gasteiger partial charge in [0.05, 0.1) is 35.9 Å². The maximum absolute atomic E-state index is 12.2. The molecule has 7 nitrogen and oxygen atoms in total. The highest BCUT2D eigenvalue weighted by Crippen LogP contribution is 2.14. The number of aromatic nitrogens is 2. The summed E-state index contributed by atoms with van der Waals surface area (Å²) >= 11 is 5.76. The number of sulfonamides is 1. The third kappa shape index (κ3) is 4.77. The third-order valence-corrected chi connectivity index (χ3v) is 5.34. The van der Waals surface area contributed by atoms with Crippen LogP contribution in [-0.2, 0) is 14.8 Å². The second kappa shape index (κ2) is 7.54. The molecule has 0 spiro atoms. The van der Waals surface area contributed by atoms with Crippen molar-refractivity contribution in [3.63, 3.8) is 0 Å². The third-order valence-electron chi connectivity index (χ3n) is 3.31.